The molecule has 1 amide bonds. The number of hydrogen-bond acceptors (Lipinski definition) is 4. The maximum absolute atomic E-state index is 12.3. The van der Waals surface area contributed by atoms with Gasteiger partial charge in [0.25, 0.3) is 5.91 Å². The second-order valence-corrected chi connectivity index (χ2v) is 5.27. The van der Waals surface area contributed by atoms with E-state index in [0.717, 1.165) is 5.57 Å². The Balaban J connectivity index is 2.04. The van der Waals surface area contributed by atoms with E-state index in [1.165, 1.54) is 0 Å². The zero-order valence-corrected chi connectivity index (χ0v) is 13.0. The van der Waals surface area contributed by atoms with E-state index in [9.17, 15) is 4.79 Å². The van der Waals surface area contributed by atoms with Crippen LogP contribution in [0.4, 0.5) is 0 Å². The van der Waals surface area contributed by atoms with E-state index in [1.807, 2.05) is 27.0 Å². The minimum absolute atomic E-state index is 0.184. The highest BCUT2D eigenvalue weighted by molar-refractivity contribution is 5.94. The summed E-state index contributed by atoms with van der Waals surface area (Å²) < 4.78 is 7.32. The number of amides is 1. The van der Waals surface area contributed by atoms with Crippen molar-refractivity contribution in [1.29, 1.82) is 0 Å². The molecule has 0 aliphatic rings. The Hall–Kier alpha value is -2.63. The highest BCUT2D eigenvalue weighted by Crippen LogP contribution is 2.15. The predicted octanol–water partition coefficient (Wildman–Crippen LogP) is 2.26. The lowest BCUT2D eigenvalue weighted by Crippen LogP contribution is -2.28. The van der Waals surface area contributed by atoms with Crippen LogP contribution in [0.25, 0.3) is 0 Å². The molecule has 0 spiro atoms. The number of rotatable bonds is 6. The number of carbonyl (C=O) groups excluding carboxylic acids is 1. The molecule has 0 saturated heterocycles. The van der Waals surface area contributed by atoms with Gasteiger partial charge in [0.15, 0.2) is 5.82 Å². The van der Waals surface area contributed by atoms with Crippen molar-refractivity contribution in [2.24, 2.45) is 7.05 Å². The van der Waals surface area contributed by atoms with E-state index < -0.39 is 0 Å². The number of ether oxygens (including phenoxy) is 1. The van der Waals surface area contributed by atoms with Crippen molar-refractivity contribution in [2.45, 2.75) is 19.9 Å². The summed E-state index contributed by atoms with van der Waals surface area (Å²) in [6.07, 6.45) is 1.60. The first kappa shape index (κ1) is 15.8. The van der Waals surface area contributed by atoms with Gasteiger partial charge in [-0.05, 0) is 37.6 Å². The molecule has 1 atom stereocenters. The summed E-state index contributed by atoms with van der Waals surface area (Å²) in [5.74, 6) is 1.15. The van der Waals surface area contributed by atoms with Crippen LogP contribution in [0.5, 0.6) is 5.75 Å². The van der Waals surface area contributed by atoms with Gasteiger partial charge in [0, 0.05) is 12.6 Å². The van der Waals surface area contributed by atoms with Gasteiger partial charge in [-0.2, -0.15) is 0 Å². The average molecular weight is 300 g/mol. The summed E-state index contributed by atoms with van der Waals surface area (Å²) in [4.78, 5) is 12.3. The molecule has 6 heteroatoms. The van der Waals surface area contributed by atoms with Crippen LogP contribution >= 0.6 is 0 Å². The van der Waals surface area contributed by atoms with Gasteiger partial charge in [-0.15, -0.1) is 10.2 Å². The zero-order valence-electron chi connectivity index (χ0n) is 13.0. The van der Waals surface area contributed by atoms with Gasteiger partial charge in [0.2, 0.25) is 0 Å². The number of carbonyl (C=O) groups is 1. The lowest BCUT2D eigenvalue weighted by atomic mass is 10.2. The Morgan fingerprint density at radius 3 is 2.91 bits per heavy atom. The highest BCUT2D eigenvalue weighted by atomic mass is 16.5. The van der Waals surface area contributed by atoms with Crippen molar-refractivity contribution < 1.29 is 9.53 Å². The lowest BCUT2D eigenvalue weighted by Gasteiger charge is -2.13. The number of benzene rings is 1. The van der Waals surface area contributed by atoms with Gasteiger partial charge in [-0.25, -0.2) is 0 Å². The van der Waals surface area contributed by atoms with E-state index in [0.29, 0.717) is 23.7 Å². The quantitative estimate of drug-likeness (QED) is 0.831. The summed E-state index contributed by atoms with van der Waals surface area (Å²) in [7, 11) is 1.84. The number of aromatic nitrogens is 3. The summed E-state index contributed by atoms with van der Waals surface area (Å²) in [5, 5.41) is 10.7. The average Bonchev–Trinajstić information content (AvgIpc) is 2.91. The largest absolute Gasteiger partial charge is 0.489 e. The van der Waals surface area contributed by atoms with E-state index in [-0.39, 0.29) is 11.9 Å². The maximum atomic E-state index is 12.3. The zero-order chi connectivity index (χ0) is 16.1. The third-order valence-corrected chi connectivity index (χ3v) is 3.06. The van der Waals surface area contributed by atoms with Crippen molar-refractivity contribution in [3.8, 4) is 5.75 Å². The number of aryl methyl sites for hydroxylation is 1. The van der Waals surface area contributed by atoms with Crippen LogP contribution in [0.15, 0.2) is 42.7 Å². The summed E-state index contributed by atoms with van der Waals surface area (Å²) in [6.45, 7) is 7.97. The molecule has 1 aromatic carbocycles. The Bertz CT molecular complexity index is 678. The van der Waals surface area contributed by atoms with Crippen molar-refractivity contribution in [1.82, 2.24) is 20.1 Å². The van der Waals surface area contributed by atoms with Gasteiger partial charge in [0.05, 0.1) is 6.04 Å². The molecule has 1 N–H and O–H groups in total. The first-order valence-electron chi connectivity index (χ1n) is 6.99. The predicted molar refractivity (Wildman–Crippen MR) is 83.6 cm³/mol. The van der Waals surface area contributed by atoms with E-state index >= 15 is 0 Å². The molecular weight excluding hydrogens is 280 g/mol. The molecule has 0 unspecified atom stereocenters. The Morgan fingerprint density at radius 2 is 2.27 bits per heavy atom. The summed E-state index contributed by atoms with van der Waals surface area (Å²) in [5.41, 5.74) is 1.46. The Morgan fingerprint density at radius 1 is 1.50 bits per heavy atom. The van der Waals surface area contributed by atoms with Crippen molar-refractivity contribution in [3.63, 3.8) is 0 Å². The Kier molecular flexibility index (Phi) is 4.93. The fraction of sp³-hybridized carbons (Fsp3) is 0.312. The van der Waals surface area contributed by atoms with E-state index in [2.05, 4.69) is 22.1 Å². The van der Waals surface area contributed by atoms with Crippen LogP contribution < -0.4 is 10.1 Å². The van der Waals surface area contributed by atoms with Crippen LogP contribution in [0, 0.1) is 0 Å². The maximum Gasteiger partial charge on any atom is 0.251 e. The van der Waals surface area contributed by atoms with Gasteiger partial charge < -0.3 is 14.6 Å². The minimum Gasteiger partial charge on any atom is -0.489 e. The molecule has 22 heavy (non-hydrogen) atoms. The molecule has 0 aliphatic carbocycles. The molecule has 116 valence electrons. The fourth-order valence-corrected chi connectivity index (χ4v) is 1.96. The first-order chi connectivity index (χ1) is 10.5. The molecule has 0 radical (unpaired) electrons. The van der Waals surface area contributed by atoms with Gasteiger partial charge in [0.1, 0.15) is 18.7 Å². The third kappa shape index (κ3) is 3.94. The van der Waals surface area contributed by atoms with Crippen LogP contribution in [-0.4, -0.2) is 27.3 Å². The molecule has 1 aromatic heterocycles. The van der Waals surface area contributed by atoms with Crippen molar-refractivity contribution >= 4 is 5.91 Å². The molecular formula is C16H20N4O2. The lowest BCUT2D eigenvalue weighted by molar-refractivity contribution is 0.0937. The summed E-state index contributed by atoms with van der Waals surface area (Å²) >= 11 is 0. The topological polar surface area (TPSA) is 69.0 Å². The third-order valence-electron chi connectivity index (χ3n) is 3.06. The fourth-order valence-electron chi connectivity index (χ4n) is 1.96. The second-order valence-electron chi connectivity index (χ2n) is 5.27. The van der Waals surface area contributed by atoms with Crippen LogP contribution in [-0.2, 0) is 7.05 Å². The van der Waals surface area contributed by atoms with Crippen LogP contribution in [0.2, 0.25) is 0 Å². The van der Waals surface area contributed by atoms with Gasteiger partial charge in [-0.3, -0.25) is 4.79 Å². The molecule has 0 saturated carbocycles. The summed E-state index contributed by atoms with van der Waals surface area (Å²) in [6, 6.07) is 6.81. The van der Waals surface area contributed by atoms with Gasteiger partial charge in [-0.1, -0.05) is 12.6 Å². The van der Waals surface area contributed by atoms with Gasteiger partial charge >= 0.3 is 0 Å². The number of nitrogens with zero attached hydrogens (tertiary/aromatic N) is 3. The minimum atomic E-state index is -0.236. The van der Waals surface area contributed by atoms with E-state index in [4.69, 9.17) is 4.74 Å². The Labute approximate surface area is 129 Å². The second kappa shape index (κ2) is 6.89. The first-order valence-corrected chi connectivity index (χ1v) is 6.99. The normalized spacial score (nSPS) is 11.8. The molecule has 0 fully saturated rings. The highest BCUT2D eigenvalue weighted by Gasteiger charge is 2.15. The molecule has 2 aromatic rings. The smallest absolute Gasteiger partial charge is 0.251 e. The van der Waals surface area contributed by atoms with Crippen molar-refractivity contribution in [2.75, 3.05) is 6.61 Å². The standard InChI is InChI=1S/C16H20N4O2/c1-11(2)9-22-14-7-5-6-13(8-14)16(21)18-12(3)15-19-17-10-20(15)4/h5-8,10,12H,1,9H2,2-4H3,(H,18,21)/t12-/m0/s1. The number of hydrogen-bond donors (Lipinski definition) is 1. The SMILES string of the molecule is C=C(C)COc1cccc(C(=O)N[C@@H](C)c2nncn2C)c1. The van der Waals surface area contributed by atoms with Crippen LogP contribution in [0.1, 0.15) is 36.1 Å². The van der Waals surface area contributed by atoms with E-state index in [1.54, 1.807) is 29.1 Å². The molecule has 6 nitrogen and oxygen atoms in total. The van der Waals surface area contributed by atoms with Crippen molar-refractivity contribution in [3.05, 3.63) is 54.1 Å². The molecule has 2 rings (SSSR count). The van der Waals surface area contributed by atoms with Crippen LogP contribution in [0.3, 0.4) is 0 Å². The molecule has 1 heterocycles. The molecule has 0 aliphatic heterocycles. The monoisotopic (exact) mass is 300 g/mol. The number of nitrogens with one attached hydrogen (secondary N) is 1. The molecule has 0 bridgehead atoms.